The van der Waals surface area contributed by atoms with Crippen LogP contribution in [-0.2, 0) is 11.2 Å². The third kappa shape index (κ3) is 6.09. The Bertz CT molecular complexity index is 570. The van der Waals surface area contributed by atoms with E-state index >= 15 is 0 Å². The largest absolute Gasteiger partial charge is 0.494 e. The summed E-state index contributed by atoms with van der Waals surface area (Å²) >= 11 is 2.27. The highest BCUT2D eigenvalue weighted by Gasteiger charge is 2.34. The maximum Gasteiger partial charge on any atom is 0.180 e. The van der Waals surface area contributed by atoms with E-state index in [0.29, 0.717) is 12.5 Å². The molecule has 1 aliphatic heterocycles. The number of aryl methyl sites for hydroxylation is 1. The van der Waals surface area contributed by atoms with E-state index in [-0.39, 0.29) is 6.61 Å². The fraction of sp³-hybridized carbons (Fsp3) is 0.526. The summed E-state index contributed by atoms with van der Waals surface area (Å²) in [7, 11) is 0. The Labute approximate surface area is 158 Å². The molecule has 0 aliphatic carbocycles. The van der Waals surface area contributed by atoms with Gasteiger partial charge in [0.25, 0.3) is 0 Å². The highest BCUT2D eigenvalue weighted by Crippen LogP contribution is 2.25. The summed E-state index contributed by atoms with van der Waals surface area (Å²) in [5, 5.41) is 9.62. The first-order valence-corrected chi connectivity index (χ1v) is 9.46. The van der Waals surface area contributed by atoms with Gasteiger partial charge >= 0.3 is 0 Å². The summed E-state index contributed by atoms with van der Waals surface area (Å²) < 4.78 is 12.4. The molecule has 1 N–H and O–H groups in total. The predicted octanol–water partition coefficient (Wildman–Crippen LogP) is 4.30. The quantitative estimate of drug-likeness (QED) is 0.434. The van der Waals surface area contributed by atoms with Crippen LogP contribution in [0.2, 0.25) is 0 Å². The van der Waals surface area contributed by atoms with Crippen molar-refractivity contribution in [1.29, 1.82) is 0 Å². The van der Waals surface area contributed by atoms with Crippen LogP contribution >= 0.6 is 22.6 Å². The summed E-state index contributed by atoms with van der Waals surface area (Å²) in [4.78, 5) is 4.45. The molecule has 2 rings (SSSR count). The SMILES string of the molecule is C=C(I)CCCCOc1ccc(CCC2(CO)COC(C)=N2)cc1. The third-order valence-electron chi connectivity index (χ3n) is 4.15. The number of hydrogen-bond donors (Lipinski definition) is 1. The van der Waals surface area contributed by atoms with Gasteiger partial charge in [0.05, 0.1) is 13.2 Å². The molecule has 0 bridgehead atoms. The maximum atomic E-state index is 9.62. The number of allylic oxidation sites excluding steroid dienone is 1. The normalized spacial score (nSPS) is 19.7. The van der Waals surface area contributed by atoms with Crippen LogP contribution in [0.15, 0.2) is 39.4 Å². The highest BCUT2D eigenvalue weighted by atomic mass is 127. The zero-order chi connectivity index (χ0) is 17.4. The molecule has 0 radical (unpaired) electrons. The second kappa shape index (κ2) is 9.42. The lowest BCUT2D eigenvalue weighted by molar-refractivity contribution is 0.150. The molecule has 0 spiro atoms. The maximum absolute atomic E-state index is 9.62. The number of benzene rings is 1. The molecule has 0 aromatic heterocycles. The molecule has 5 heteroatoms. The van der Waals surface area contributed by atoms with Crippen molar-refractivity contribution < 1.29 is 14.6 Å². The Kier molecular flexibility index (Phi) is 7.55. The van der Waals surface area contributed by atoms with Gasteiger partial charge in [-0.1, -0.05) is 18.7 Å². The average molecular weight is 443 g/mol. The number of unbranched alkanes of at least 4 members (excludes halogenated alkanes) is 1. The summed E-state index contributed by atoms with van der Waals surface area (Å²) in [6, 6.07) is 8.19. The third-order valence-corrected chi connectivity index (χ3v) is 4.69. The van der Waals surface area contributed by atoms with E-state index in [0.717, 1.165) is 44.5 Å². The van der Waals surface area contributed by atoms with Crippen molar-refractivity contribution in [2.24, 2.45) is 4.99 Å². The zero-order valence-electron chi connectivity index (χ0n) is 14.3. The topological polar surface area (TPSA) is 51.0 Å². The van der Waals surface area contributed by atoms with Crippen molar-refractivity contribution in [1.82, 2.24) is 0 Å². The minimum atomic E-state index is -0.470. The van der Waals surface area contributed by atoms with Crippen LogP contribution < -0.4 is 4.74 Å². The molecule has 0 saturated carbocycles. The lowest BCUT2D eigenvalue weighted by Gasteiger charge is -2.21. The molecule has 1 unspecified atom stereocenters. The Morgan fingerprint density at radius 2 is 2.12 bits per heavy atom. The Morgan fingerprint density at radius 1 is 1.38 bits per heavy atom. The van der Waals surface area contributed by atoms with Crippen LogP contribution in [0, 0.1) is 0 Å². The molecule has 0 fully saturated rings. The fourth-order valence-corrected chi connectivity index (χ4v) is 3.05. The van der Waals surface area contributed by atoms with Gasteiger partial charge in [0.2, 0.25) is 0 Å². The van der Waals surface area contributed by atoms with Crippen LogP contribution in [0.5, 0.6) is 5.75 Å². The number of hydrogen-bond acceptors (Lipinski definition) is 4. The van der Waals surface area contributed by atoms with E-state index in [1.165, 1.54) is 9.14 Å². The number of rotatable bonds is 10. The standard InChI is InChI=1S/C19H26INO3/c1-15(20)5-3-4-12-23-18-8-6-17(7-9-18)10-11-19(13-22)14-24-16(2)21-19/h6-9,22H,1,3-5,10-14H2,2H3. The molecule has 0 saturated heterocycles. The summed E-state index contributed by atoms with van der Waals surface area (Å²) in [6.45, 7) is 6.96. The predicted molar refractivity (Wildman–Crippen MR) is 106 cm³/mol. The van der Waals surface area contributed by atoms with E-state index in [9.17, 15) is 5.11 Å². The van der Waals surface area contributed by atoms with Gasteiger partial charge in [-0.3, -0.25) is 0 Å². The number of aliphatic hydroxyl groups excluding tert-OH is 1. The first kappa shape index (κ1) is 19.2. The minimum absolute atomic E-state index is 0.0230. The monoisotopic (exact) mass is 443 g/mol. The molecule has 1 aromatic carbocycles. The highest BCUT2D eigenvalue weighted by molar-refractivity contribution is 14.1. The summed E-state index contributed by atoms with van der Waals surface area (Å²) in [6.07, 6.45) is 4.85. The summed E-state index contributed by atoms with van der Waals surface area (Å²) in [5.41, 5.74) is 0.748. The van der Waals surface area contributed by atoms with Crippen molar-refractivity contribution in [2.45, 2.75) is 44.6 Å². The van der Waals surface area contributed by atoms with Crippen molar-refractivity contribution in [3.05, 3.63) is 40.0 Å². The molecule has 1 atom stereocenters. The lowest BCUT2D eigenvalue weighted by atomic mass is 9.94. The van der Waals surface area contributed by atoms with Gasteiger partial charge in [-0.05, 0) is 76.0 Å². The van der Waals surface area contributed by atoms with Gasteiger partial charge in [0.1, 0.15) is 17.9 Å². The van der Waals surface area contributed by atoms with Crippen molar-refractivity contribution in [3.63, 3.8) is 0 Å². The van der Waals surface area contributed by atoms with E-state index in [1.807, 2.05) is 19.1 Å². The van der Waals surface area contributed by atoms with Crippen LogP contribution in [0.25, 0.3) is 0 Å². The average Bonchev–Trinajstić information content (AvgIpc) is 2.95. The number of nitrogens with zero attached hydrogens (tertiary/aromatic N) is 1. The van der Waals surface area contributed by atoms with Crippen LogP contribution in [0.4, 0.5) is 0 Å². The van der Waals surface area contributed by atoms with Crippen molar-refractivity contribution >= 4 is 28.5 Å². The molecule has 24 heavy (non-hydrogen) atoms. The van der Waals surface area contributed by atoms with E-state index < -0.39 is 5.54 Å². The first-order chi connectivity index (χ1) is 11.5. The van der Waals surface area contributed by atoms with Crippen molar-refractivity contribution in [3.8, 4) is 5.75 Å². The van der Waals surface area contributed by atoms with Gasteiger partial charge in [-0.25, -0.2) is 4.99 Å². The molecule has 1 aliphatic rings. The zero-order valence-corrected chi connectivity index (χ0v) is 16.4. The van der Waals surface area contributed by atoms with Gasteiger partial charge in [-0.15, -0.1) is 0 Å². The number of aliphatic hydroxyl groups is 1. The molecule has 1 heterocycles. The number of halogens is 1. The molecule has 132 valence electrons. The fourth-order valence-electron chi connectivity index (χ4n) is 2.66. The molecule has 4 nitrogen and oxygen atoms in total. The van der Waals surface area contributed by atoms with Crippen LogP contribution in [0.3, 0.4) is 0 Å². The van der Waals surface area contributed by atoms with Gasteiger partial charge < -0.3 is 14.6 Å². The molecule has 0 amide bonds. The van der Waals surface area contributed by atoms with Crippen LogP contribution in [-0.4, -0.2) is 36.4 Å². The molecular formula is C19H26INO3. The number of ether oxygens (including phenoxy) is 2. The Hall–Kier alpha value is -1.08. The lowest BCUT2D eigenvalue weighted by Crippen LogP contribution is -2.33. The first-order valence-electron chi connectivity index (χ1n) is 8.38. The number of aliphatic imine (C=N–C) groups is 1. The Morgan fingerprint density at radius 3 is 2.71 bits per heavy atom. The Balaban J connectivity index is 1.75. The second-order valence-electron chi connectivity index (χ2n) is 6.27. The van der Waals surface area contributed by atoms with Gasteiger partial charge in [-0.2, -0.15) is 0 Å². The summed E-state index contributed by atoms with van der Waals surface area (Å²) in [5.74, 6) is 1.57. The van der Waals surface area contributed by atoms with E-state index in [4.69, 9.17) is 9.47 Å². The minimum Gasteiger partial charge on any atom is -0.494 e. The second-order valence-corrected chi connectivity index (χ2v) is 7.79. The van der Waals surface area contributed by atoms with E-state index in [2.05, 4.69) is 46.3 Å². The van der Waals surface area contributed by atoms with Crippen LogP contribution in [0.1, 0.15) is 38.2 Å². The molecule has 1 aromatic rings. The van der Waals surface area contributed by atoms with Gasteiger partial charge in [0.15, 0.2) is 5.90 Å². The molecular weight excluding hydrogens is 417 g/mol. The van der Waals surface area contributed by atoms with Crippen molar-refractivity contribution in [2.75, 3.05) is 19.8 Å². The smallest absolute Gasteiger partial charge is 0.180 e. The van der Waals surface area contributed by atoms with Gasteiger partial charge in [0, 0.05) is 6.92 Å². The van der Waals surface area contributed by atoms with E-state index in [1.54, 1.807) is 0 Å².